The van der Waals surface area contributed by atoms with Crippen LogP contribution < -0.4 is 9.80 Å². The van der Waals surface area contributed by atoms with Crippen LogP contribution in [0.25, 0.3) is 0 Å². The lowest BCUT2D eigenvalue weighted by Crippen LogP contribution is -2.71. The first-order valence-electron chi connectivity index (χ1n) is 12.0. The molecule has 1 saturated heterocycles. The van der Waals surface area contributed by atoms with Crippen molar-refractivity contribution in [2.24, 2.45) is 4.40 Å². The number of amides is 1. The molecular weight excluding hydrogens is 482 g/mol. The zero-order chi connectivity index (χ0) is 25.8. The molecular formula is C30H25N3O3S. The molecule has 4 aromatic rings. The first-order chi connectivity index (χ1) is 17.9. The summed E-state index contributed by atoms with van der Waals surface area (Å²) in [5.41, 5.74) is 2.94. The van der Waals surface area contributed by atoms with Gasteiger partial charge in [-0.2, -0.15) is 8.42 Å². The van der Waals surface area contributed by atoms with Gasteiger partial charge in [-0.1, -0.05) is 84.4 Å². The molecule has 2 aliphatic rings. The first kappa shape index (κ1) is 23.2. The maximum Gasteiger partial charge on any atom is 0.283 e. The zero-order valence-electron chi connectivity index (χ0n) is 20.4. The molecule has 2 aliphatic heterocycles. The number of carbonyl (C=O) groups excluding carboxylic acids is 1. The average molecular weight is 508 g/mol. The molecule has 0 unspecified atom stereocenters. The number of anilines is 2. The summed E-state index contributed by atoms with van der Waals surface area (Å²) in [6.07, 6.45) is 0. The topological polar surface area (TPSA) is 70.0 Å². The maximum atomic E-state index is 14.2. The van der Waals surface area contributed by atoms with Crippen LogP contribution in [0.2, 0.25) is 0 Å². The van der Waals surface area contributed by atoms with Crippen LogP contribution in [0.15, 0.2) is 118 Å². The number of sulfonamides is 1. The predicted molar refractivity (Wildman–Crippen MR) is 145 cm³/mol. The molecule has 0 aliphatic carbocycles. The van der Waals surface area contributed by atoms with E-state index >= 15 is 0 Å². The predicted octanol–water partition coefficient (Wildman–Crippen LogP) is 5.26. The third-order valence-electron chi connectivity index (χ3n) is 7.24. The highest BCUT2D eigenvalue weighted by Crippen LogP contribution is 2.60. The number of amidine groups is 1. The molecule has 1 amide bonds. The van der Waals surface area contributed by atoms with E-state index in [9.17, 15) is 13.2 Å². The van der Waals surface area contributed by atoms with Crippen LogP contribution in [0.5, 0.6) is 0 Å². The molecule has 6 rings (SSSR count). The number of rotatable bonds is 4. The summed E-state index contributed by atoms with van der Waals surface area (Å²) in [4.78, 5) is 17.8. The normalized spacial score (nSPS) is 21.8. The van der Waals surface area contributed by atoms with Crippen molar-refractivity contribution in [2.45, 2.75) is 23.3 Å². The van der Waals surface area contributed by atoms with Crippen LogP contribution in [0, 0.1) is 6.92 Å². The molecule has 4 aromatic carbocycles. The van der Waals surface area contributed by atoms with E-state index in [1.165, 1.54) is 0 Å². The molecule has 37 heavy (non-hydrogen) atoms. The van der Waals surface area contributed by atoms with Crippen LogP contribution >= 0.6 is 0 Å². The largest absolute Gasteiger partial charge is 0.313 e. The maximum absolute atomic E-state index is 14.2. The summed E-state index contributed by atoms with van der Waals surface area (Å²) < 4.78 is 31.6. The highest BCUT2D eigenvalue weighted by Gasteiger charge is 2.69. The number of hydrogen-bond acceptors (Lipinski definition) is 3. The van der Waals surface area contributed by atoms with Gasteiger partial charge in [-0.25, -0.2) is 0 Å². The summed E-state index contributed by atoms with van der Waals surface area (Å²) in [6, 6.07) is 33.3. The minimum absolute atomic E-state index is 0.113. The molecule has 0 radical (unpaired) electrons. The van der Waals surface area contributed by atoms with E-state index in [-0.39, 0.29) is 10.8 Å². The second-order valence-corrected chi connectivity index (χ2v) is 11.0. The Kier molecular flexibility index (Phi) is 5.28. The molecule has 2 atom stereocenters. The molecule has 1 fully saturated rings. The fraction of sp³-hybridized carbons (Fsp3) is 0.133. The number of hydrogen-bond donors (Lipinski definition) is 0. The lowest BCUT2D eigenvalue weighted by Gasteiger charge is -2.57. The van der Waals surface area contributed by atoms with Gasteiger partial charge in [0.15, 0.2) is 5.54 Å². The Balaban J connectivity index is 1.65. The van der Waals surface area contributed by atoms with Gasteiger partial charge in [0.25, 0.3) is 15.9 Å². The van der Waals surface area contributed by atoms with Crippen molar-refractivity contribution < 1.29 is 13.2 Å². The summed E-state index contributed by atoms with van der Waals surface area (Å²) in [5.74, 6) is -0.415. The SMILES string of the molecule is Cc1ccc(S(=O)(=O)/N=C2\[C@H](c3ccccc3)[C@]3(C(=O)N(C)c4ccccc43)N2c2ccccc2)cc1. The lowest BCUT2D eigenvalue weighted by molar-refractivity contribution is -0.123. The monoisotopic (exact) mass is 507 g/mol. The van der Waals surface area contributed by atoms with Gasteiger partial charge in [-0.05, 0) is 42.8 Å². The Hall–Kier alpha value is -4.23. The Labute approximate surface area is 216 Å². The van der Waals surface area contributed by atoms with E-state index in [1.807, 2.05) is 91.9 Å². The van der Waals surface area contributed by atoms with Crippen LogP contribution in [-0.4, -0.2) is 27.2 Å². The van der Waals surface area contributed by atoms with Crippen molar-refractivity contribution in [1.29, 1.82) is 0 Å². The van der Waals surface area contributed by atoms with Crippen LogP contribution in [0.1, 0.15) is 22.6 Å². The number of aryl methyl sites for hydroxylation is 1. The highest BCUT2D eigenvalue weighted by atomic mass is 32.2. The molecule has 6 nitrogen and oxygen atoms in total. The van der Waals surface area contributed by atoms with E-state index in [4.69, 9.17) is 0 Å². The minimum Gasteiger partial charge on any atom is -0.313 e. The van der Waals surface area contributed by atoms with E-state index in [2.05, 4.69) is 4.40 Å². The summed E-state index contributed by atoms with van der Waals surface area (Å²) in [5, 5.41) is 0. The standard InChI is InChI=1S/C30H25N3O3S/c1-21-17-19-24(20-18-21)37(35,36)31-28-27(22-11-5-3-6-12-22)30(33(28)23-13-7-4-8-14-23)25-15-9-10-16-26(25)32(2)29(30)34/h3-20,27H,1-2H3/b31-28+/t27-,30+/m0/s1. The smallest absolute Gasteiger partial charge is 0.283 e. The van der Waals surface area contributed by atoms with Crippen LogP contribution in [0.4, 0.5) is 11.4 Å². The van der Waals surface area contributed by atoms with Crippen LogP contribution in [-0.2, 0) is 20.4 Å². The van der Waals surface area contributed by atoms with E-state index in [0.29, 0.717) is 11.5 Å². The fourth-order valence-electron chi connectivity index (χ4n) is 5.55. The van der Waals surface area contributed by atoms with Gasteiger partial charge in [0.2, 0.25) is 0 Å². The zero-order valence-corrected chi connectivity index (χ0v) is 21.3. The van der Waals surface area contributed by atoms with Gasteiger partial charge in [-0.15, -0.1) is 4.40 Å². The second-order valence-electron chi connectivity index (χ2n) is 9.40. The number of nitrogens with zero attached hydrogens (tertiary/aromatic N) is 3. The molecule has 0 bridgehead atoms. The Morgan fingerprint density at radius 2 is 1.38 bits per heavy atom. The average Bonchev–Trinajstić information content (AvgIpc) is 3.14. The lowest BCUT2D eigenvalue weighted by atomic mass is 9.65. The number of fused-ring (bicyclic) bond motifs is 2. The Bertz CT molecular complexity index is 1580. The quantitative estimate of drug-likeness (QED) is 0.378. The van der Waals surface area contributed by atoms with E-state index in [1.54, 1.807) is 41.1 Å². The van der Waals surface area contributed by atoms with E-state index in [0.717, 1.165) is 22.4 Å². The molecule has 184 valence electrons. The third kappa shape index (κ3) is 3.34. The molecule has 0 N–H and O–H groups in total. The number of carbonyl (C=O) groups is 1. The van der Waals surface area contributed by atoms with Gasteiger partial charge in [0, 0.05) is 24.0 Å². The van der Waals surface area contributed by atoms with Gasteiger partial charge in [-0.3, -0.25) is 4.79 Å². The Morgan fingerprint density at radius 3 is 2.05 bits per heavy atom. The van der Waals surface area contributed by atoms with Crippen molar-refractivity contribution in [3.05, 3.63) is 126 Å². The van der Waals surface area contributed by atoms with Crippen molar-refractivity contribution in [3.63, 3.8) is 0 Å². The van der Waals surface area contributed by atoms with E-state index < -0.39 is 21.5 Å². The second kappa shape index (κ2) is 8.42. The van der Waals surface area contributed by atoms with Gasteiger partial charge >= 0.3 is 0 Å². The van der Waals surface area contributed by atoms with Gasteiger partial charge in [0.05, 0.1) is 10.8 Å². The highest BCUT2D eigenvalue weighted by molar-refractivity contribution is 7.90. The Morgan fingerprint density at radius 1 is 0.784 bits per heavy atom. The molecule has 0 saturated carbocycles. The fourth-order valence-corrected chi connectivity index (χ4v) is 6.57. The molecule has 0 aromatic heterocycles. The summed E-state index contributed by atoms with van der Waals surface area (Å²) >= 11 is 0. The summed E-state index contributed by atoms with van der Waals surface area (Å²) in [6.45, 7) is 1.90. The minimum atomic E-state index is -4.05. The first-order valence-corrected chi connectivity index (χ1v) is 13.5. The van der Waals surface area contributed by atoms with Gasteiger partial charge in [0.1, 0.15) is 5.84 Å². The number of para-hydroxylation sites is 2. The third-order valence-corrected chi connectivity index (χ3v) is 8.54. The van der Waals surface area contributed by atoms with Crippen molar-refractivity contribution >= 4 is 33.1 Å². The molecule has 1 spiro atoms. The molecule has 2 heterocycles. The van der Waals surface area contributed by atoms with Crippen molar-refractivity contribution in [3.8, 4) is 0 Å². The number of benzene rings is 4. The van der Waals surface area contributed by atoms with Crippen molar-refractivity contribution in [2.75, 3.05) is 16.8 Å². The summed E-state index contributed by atoms with van der Waals surface area (Å²) in [7, 11) is -2.29. The molecule has 7 heteroatoms. The van der Waals surface area contributed by atoms with Gasteiger partial charge < -0.3 is 9.80 Å². The van der Waals surface area contributed by atoms with Crippen molar-refractivity contribution in [1.82, 2.24) is 0 Å². The van der Waals surface area contributed by atoms with Crippen LogP contribution in [0.3, 0.4) is 0 Å². The number of likely N-dealkylation sites (N-methyl/N-ethyl adjacent to an activating group) is 1.